The van der Waals surface area contributed by atoms with E-state index < -0.39 is 47.8 Å². The van der Waals surface area contributed by atoms with Crippen LogP contribution in [-0.2, 0) is 35.9 Å². The first-order chi connectivity index (χ1) is 33.2. The van der Waals surface area contributed by atoms with Gasteiger partial charge in [-0.1, -0.05) is 129 Å². The maximum absolute atomic E-state index is 13.6. The predicted octanol–water partition coefficient (Wildman–Crippen LogP) is 15.6. The number of carbonyl (C=O) groups excluding carboxylic acids is 1. The number of aryl methyl sites for hydroxylation is 1. The minimum atomic E-state index is -7.33. The molecule has 0 aliphatic rings. The van der Waals surface area contributed by atoms with Crippen LogP contribution >= 0.6 is 0 Å². The lowest BCUT2D eigenvalue weighted by Gasteiger charge is -2.32. The van der Waals surface area contributed by atoms with E-state index in [1.54, 1.807) is 21.1 Å². The molecule has 6 rings (SSSR count). The molecule has 0 radical (unpaired) electrons. The van der Waals surface area contributed by atoms with Gasteiger partial charge in [-0.3, -0.25) is 4.79 Å². The first-order valence-electron chi connectivity index (χ1n) is 21.8. The van der Waals surface area contributed by atoms with Crippen LogP contribution in [0.5, 0.6) is 23.0 Å². The Bertz CT molecular complexity index is 2870. The highest BCUT2D eigenvalue weighted by Gasteiger charge is 2.81. The van der Waals surface area contributed by atoms with Gasteiger partial charge in [0.1, 0.15) is 23.0 Å². The van der Waals surface area contributed by atoms with Gasteiger partial charge in [-0.15, -0.1) is 0 Å². The van der Waals surface area contributed by atoms with Crippen molar-refractivity contribution in [1.29, 1.82) is 0 Å². The van der Waals surface area contributed by atoms with Gasteiger partial charge >= 0.3 is 32.5 Å². The number of benzene rings is 6. The van der Waals surface area contributed by atoms with E-state index in [1.165, 1.54) is 32.4 Å². The Morgan fingerprint density at radius 2 is 1.03 bits per heavy atom. The van der Waals surface area contributed by atoms with Crippen LogP contribution in [0, 0.1) is 12.3 Å². The van der Waals surface area contributed by atoms with Crippen LogP contribution in [0.25, 0.3) is 11.1 Å². The molecule has 0 aliphatic heterocycles. The van der Waals surface area contributed by atoms with E-state index in [9.17, 15) is 52.5 Å². The van der Waals surface area contributed by atoms with Crippen molar-refractivity contribution in [3.8, 4) is 34.1 Å². The molecule has 0 amide bonds. The molecule has 0 aromatic heterocycles. The van der Waals surface area contributed by atoms with Crippen LogP contribution in [-0.4, -0.2) is 58.0 Å². The minimum Gasteiger partial charge on any atom is -0.743 e. The van der Waals surface area contributed by atoms with Gasteiger partial charge in [-0.25, -0.2) is 8.42 Å². The molecule has 0 saturated heterocycles. The molecule has 0 saturated carbocycles. The van der Waals surface area contributed by atoms with Gasteiger partial charge < -0.3 is 22.9 Å². The van der Waals surface area contributed by atoms with Gasteiger partial charge in [0.05, 0.1) is 30.5 Å². The molecule has 0 heterocycles. The summed E-state index contributed by atoms with van der Waals surface area (Å²) >= 11 is 0. The van der Waals surface area contributed by atoms with E-state index in [-0.39, 0.29) is 52.5 Å². The molecule has 0 N–H and O–H groups in total. The Kier molecular flexibility index (Phi) is 26.5. The number of esters is 1. The molecule has 414 valence electrons. The number of hydrogen-bond donors (Lipinski definition) is 0. The van der Waals surface area contributed by atoms with Crippen molar-refractivity contribution in [2.75, 3.05) is 14.2 Å². The Hall–Kier alpha value is -6.02. The van der Waals surface area contributed by atoms with Crippen LogP contribution in [0.1, 0.15) is 94.2 Å². The second kappa shape index (κ2) is 28.8. The molecule has 10 nitrogen and oxygen atoms in total. The average molecular weight is 1110 g/mol. The lowest BCUT2D eigenvalue weighted by Crippen LogP contribution is -2.61. The number of alkyl halides is 6. The van der Waals surface area contributed by atoms with Crippen LogP contribution in [0.4, 0.5) is 26.3 Å². The van der Waals surface area contributed by atoms with E-state index in [0.29, 0.717) is 17.7 Å². The fraction of sp³-hybridized carbons (Fsp3) is 0.339. The van der Waals surface area contributed by atoms with E-state index in [2.05, 4.69) is 71.8 Å². The van der Waals surface area contributed by atoms with Crippen molar-refractivity contribution in [2.24, 2.45) is 5.41 Å². The molecular weight excluding hydrogens is 1040 g/mol. The van der Waals surface area contributed by atoms with Gasteiger partial charge in [0.2, 0.25) is 0 Å². The molecule has 1 unspecified atom stereocenters. The van der Waals surface area contributed by atoms with Gasteiger partial charge in [0.15, 0.2) is 24.8 Å². The highest BCUT2D eigenvalue weighted by molar-refractivity contribution is 7.97. The third-order valence-corrected chi connectivity index (χ3v) is 15.4. The highest BCUT2D eigenvalue weighted by atomic mass is 32.2. The summed E-state index contributed by atoms with van der Waals surface area (Å²) in [5, 5.41) is -13.7. The second-order valence-electron chi connectivity index (χ2n) is 16.5. The number of hydrogen-bond acceptors (Lipinski definition) is 10. The van der Waals surface area contributed by atoms with Crippen LogP contribution in [0.2, 0.25) is 0 Å². The molecular formula is C56H70F6O10S3. The molecule has 0 aliphatic carbocycles. The molecule has 0 fully saturated rings. The summed E-state index contributed by atoms with van der Waals surface area (Å²) in [7, 11) is -10.9. The van der Waals surface area contributed by atoms with E-state index in [4.69, 9.17) is 14.2 Å². The van der Waals surface area contributed by atoms with E-state index in [0.717, 1.165) is 41.2 Å². The summed E-state index contributed by atoms with van der Waals surface area (Å²) in [6.45, 7) is 11.5. The van der Waals surface area contributed by atoms with Crippen LogP contribution in [0.3, 0.4) is 0 Å². The summed E-state index contributed by atoms with van der Waals surface area (Å²) in [5.74, 6) is -5.88. The molecule has 1 atom stereocenters. The SMILES string of the molecule is C.C.C.C.CCC(C)(C)C(=O)Oc1ccc(-c2ccccc2)cc1.CCC(C)c1ccc(OS(=O)(=O)C(F)(F)C(F)(F)C(F)(F)S(=O)(=O)[O-])cc1.COc1cccc([S+](c2cccc(C)c2)c2cccc(OC)c2)c1. The van der Waals surface area contributed by atoms with E-state index >= 15 is 0 Å². The summed E-state index contributed by atoms with van der Waals surface area (Å²) in [4.78, 5) is 15.7. The first-order valence-corrected chi connectivity index (χ1v) is 25.8. The molecule has 0 bridgehead atoms. The largest absolute Gasteiger partial charge is 0.743 e. The Labute approximate surface area is 443 Å². The third-order valence-electron chi connectivity index (χ3n) is 11.0. The lowest BCUT2D eigenvalue weighted by atomic mass is 9.91. The number of carbonyl (C=O) groups is 1. The van der Waals surface area contributed by atoms with E-state index in [1.807, 2.05) is 94.4 Å². The normalized spacial score (nSPS) is 11.9. The monoisotopic (exact) mass is 1110 g/mol. The predicted molar refractivity (Wildman–Crippen MR) is 287 cm³/mol. The first kappa shape index (κ1) is 69.0. The van der Waals surface area contributed by atoms with Crippen LogP contribution in [0.15, 0.2) is 166 Å². The topological polar surface area (TPSA) is 145 Å². The van der Waals surface area contributed by atoms with Gasteiger partial charge in [-0.2, -0.15) is 34.8 Å². The summed E-state index contributed by atoms with van der Waals surface area (Å²) in [6.07, 6.45) is 1.41. The maximum Gasteiger partial charge on any atom is 0.450 e. The zero-order valence-corrected chi connectivity index (χ0v) is 42.4. The molecule has 0 spiro atoms. The van der Waals surface area contributed by atoms with Crippen molar-refractivity contribution < 1.29 is 70.9 Å². The Morgan fingerprint density at radius 1 is 0.587 bits per heavy atom. The van der Waals surface area contributed by atoms with Crippen molar-refractivity contribution in [2.45, 2.75) is 121 Å². The van der Waals surface area contributed by atoms with Crippen molar-refractivity contribution in [3.05, 3.63) is 163 Å². The maximum atomic E-state index is 13.6. The smallest absolute Gasteiger partial charge is 0.450 e. The standard InChI is InChI=1S/C21H21O2S.C18H20O2.C13H14F6O6S2.4CH4/c1-16-7-4-10-19(13-16)24(20-11-5-8-17(14-20)22-2)21-12-6-9-18(15-21)23-3;1-4-18(2,3)17(19)20-16-12-10-15(11-13-16)14-8-6-5-7-9-14;1-3-8(2)9-4-6-10(7-5-9)25-27(23,24)13(18,19)11(14,15)12(16,17)26(20,21)22;;;;/h4-15H,1-3H3;5-13H,4H2,1-3H3;4-8H,3H2,1-2H3,(H,20,21,22);4*1H4/q+1;;;;;;/p-1. The lowest BCUT2D eigenvalue weighted by molar-refractivity contribution is -0.247. The summed E-state index contributed by atoms with van der Waals surface area (Å²) in [5.41, 5.74) is 3.69. The average Bonchev–Trinajstić information content (AvgIpc) is 3.34. The van der Waals surface area contributed by atoms with Gasteiger partial charge in [-0.05, 0) is 122 Å². The number of methoxy groups -OCH3 is 2. The molecule has 19 heteroatoms. The fourth-order valence-corrected chi connectivity index (χ4v) is 9.74. The van der Waals surface area contributed by atoms with Gasteiger partial charge in [0, 0.05) is 12.1 Å². The molecule has 6 aromatic rings. The van der Waals surface area contributed by atoms with Crippen molar-refractivity contribution >= 4 is 37.1 Å². The van der Waals surface area contributed by atoms with Crippen LogP contribution < -0.4 is 18.4 Å². The molecule has 75 heavy (non-hydrogen) atoms. The summed E-state index contributed by atoms with van der Waals surface area (Å²) in [6, 6.07) is 47.1. The second-order valence-corrected chi connectivity index (χ2v) is 21.5. The number of rotatable bonds is 17. The Balaban J connectivity index is 0.00000108. The third kappa shape index (κ3) is 17.0. The minimum absolute atomic E-state index is 0. The van der Waals surface area contributed by atoms with Crippen molar-refractivity contribution in [1.82, 2.24) is 0 Å². The van der Waals surface area contributed by atoms with Gasteiger partial charge in [0.25, 0.3) is 0 Å². The Morgan fingerprint density at radius 3 is 1.45 bits per heavy atom. The zero-order valence-electron chi connectivity index (χ0n) is 40.0. The number of halogens is 6. The summed E-state index contributed by atoms with van der Waals surface area (Å²) < 4.78 is 153. The zero-order chi connectivity index (χ0) is 53.0. The quantitative estimate of drug-likeness (QED) is 0.0216. The molecule has 6 aromatic carbocycles. The van der Waals surface area contributed by atoms with Crippen molar-refractivity contribution in [3.63, 3.8) is 0 Å². The fourth-order valence-electron chi connectivity index (χ4n) is 6.09. The number of ether oxygens (including phenoxy) is 3. The highest BCUT2D eigenvalue weighted by Crippen LogP contribution is 2.51.